The molecular weight excluding hydrogens is 376 g/mol. The van der Waals surface area contributed by atoms with E-state index in [0.717, 1.165) is 12.1 Å². The van der Waals surface area contributed by atoms with Crippen LogP contribution in [0.1, 0.15) is 57.3 Å². The number of carbonyl (C=O) groups is 4. The number of aliphatic carboxylic acids is 1. The third kappa shape index (κ3) is 6.71. The van der Waals surface area contributed by atoms with E-state index in [4.69, 9.17) is 4.74 Å². The smallest absolute Gasteiger partial charge is 0.417 e. The molecule has 0 fully saturated rings. The molecule has 0 aliphatic heterocycles. The lowest BCUT2D eigenvalue weighted by atomic mass is 10.0. The quantitative estimate of drug-likeness (QED) is 0.704. The van der Waals surface area contributed by atoms with Gasteiger partial charge in [-0.1, -0.05) is 6.92 Å². The molecule has 0 aromatic heterocycles. The number of rotatable bonds is 7. The van der Waals surface area contributed by atoms with Gasteiger partial charge >= 0.3 is 12.1 Å². The minimum Gasteiger partial charge on any atom is -0.480 e. The first kappa shape index (κ1) is 23.2. The zero-order valence-corrected chi connectivity index (χ0v) is 16.1. The number of hydrogen-bond donors (Lipinski definition) is 1. The van der Waals surface area contributed by atoms with E-state index in [-0.39, 0.29) is 12.0 Å². The molecule has 0 spiro atoms. The molecule has 2 amide bonds. The highest BCUT2D eigenvalue weighted by Crippen LogP contribution is 2.18. The molecule has 0 bridgehead atoms. The highest BCUT2D eigenvalue weighted by Gasteiger charge is 2.37. The zero-order chi connectivity index (χ0) is 21.6. The van der Waals surface area contributed by atoms with Crippen LogP contribution in [-0.4, -0.2) is 45.4 Å². The predicted molar refractivity (Wildman–Crippen MR) is 94.7 cm³/mol. The maximum Gasteiger partial charge on any atom is 0.417 e. The molecule has 0 aliphatic carbocycles. The Morgan fingerprint density at radius 1 is 1.11 bits per heavy atom. The fourth-order valence-corrected chi connectivity index (χ4v) is 2.37. The summed E-state index contributed by atoms with van der Waals surface area (Å²) in [6, 6.07) is 0.583. The van der Waals surface area contributed by atoms with Gasteiger partial charge < -0.3 is 9.84 Å². The summed E-state index contributed by atoms with van der Waals surface area (Å²) in [4.78, 5) is 48.8. The molecule has 9 heteroatoms. The van der Waals surface area contributed by atoms with Crippen LogP contribution in [0.15, 0.2) is 18.2 Å². The Hall–Kier alpha value is -2.84. The first-order valence-corrected chi connectivity index (χ1v) is 8.62. The predicted octanol–water partition coefficient (Wildman–Crippen LogP) is 3.55. The number of imide groups is 1. The number of Topliss-reactive ketones (excluding diaryl/α,β-unsaturated/α-hetero) is 1. The van der Waals surface area contributed by atoms with Crippen LogP contribution in [-0.2, 0) is 14.3 Å². The number of amides is 2. The summed E-state index contributed by atoms with van der Waals surface area (Å²) in [5.41, 5.74) is -1.24. The van der Waals surface area contributed by atoms with Crippen molar-refractivity contribution in [1.82, 2.24) is 4.90 Å². The Bertz CT molecular complexity index is 752. The van der Waals surface area contributed by atoms with Crippen molar-refractivity contribution in [3.05, 3.63) is 35.4 Å². The summed E-state index contributed by atoms with van der Waals surface area (Å²) in [6.07, 6.45) is -2.18. The second-order valence-electron chi connectivity index (χ2n) is 7.07. The second-order valence-corrected chi connectivity index (χ2v) is 7.07. The van der Waals surface area contributed by atoms with Gasteiger partial charge in [-0.15, -0.1) is 0 Å². The van der Waals surface area contributed by atoms with Crippen LogP contribution in [0, 0.1) is 11.6 Å². The summed E-state index contributed by atoms with van der Waals surface area (Å²) in [6.45, 7) is 6.10. The molecular formula is C19H23F2NO6. The normalized spacial score (nSPS) is 12.2. The Morgan fingerprint density at radius 2 is 1.64 bits per heavy atom. The highest BCUT2D eigenvalue weighted by molar-refractivity contribution is 5.98. The van der Waals surface area contributed by atoms with E-state index in [1.807, 2.05) is 0 Å². The maximum absolute atomic E-state index is 13.3. The molecule has 1 rings (SSSR count). The average Bonchev–Trinajstić information content (AvgIpc) is 2.54. The van der Waals surface area contributed by atoms with Crippen LogP contribution in [0.3, 0.4) is 0 Å². The number of hydrogen-bond acceptors (Lipinski definition) is 5. The van der Waals surface area contributed by atoms with Crippen LogP contribution in [0.4, 0.5) is 13.6 Å². The lowest BCUT2D eigenvalue weighted by Crippen LogP contribution is -2.50. The number of carbonyl (C=O) groups excluding carboxylic acids is 3. The molecule has 1 aromatic carbocycles. The van der Waals surface area contributed by atoms with Crippen molar-refractivity contribution in [3.8, 4) is 0 Å². The van der Waals surface area contributed by atoms with Crippen LogP contribution in [0.25, 0.3) is 0 Å². The van der Waals surface area contributed by atoms with Crippen LogP contribution in [0.2, 0.25) is 0 Å². The third-order valence-electron chi connectivity index (χ3n) is 3.59. The number of carboxylic acids is 1. The lowest BCUT2D eigenvalue weighted by Gasteiger charge is -2.29. The van der Waals surface area contributed by atoms with Gasteiger partial charge in [0.15, 0.2) is 5.78 Å². The van der Waals surface area contributed by atoms with Gasteiger partial charge in [-0.2, -0.15) is 0 Å². The van der Waals surface area contributed by atoms with E-state index in [1.165, 1.54) is 6.92 Å². The van der Waals surface area contributed by atoms with Crippen LogP contribution in [0.5, 0.6) is 0 Å². The molecule has 28 heavy (non-hydrogen) atoms. The van der Waals surface area contributed by atoms with Crippen molar-refractivity contribution in [2.24, 2.45) is 0 Å². The van der Waals surface area contributed by atoms with Crippen molar-refractivity contribution < 1.29 is 37.8 Å². The highest BCUT2D eigenvalue weighted by atomic mass is 19.1. The van der Waals surface area contributed by atoms with Gasteiger partial charge in [0.05, 0.1) is 0 Å². The summed E-state index contributed by atoms with van der Waals surface area (Å²) in [5.74, 6) is -4.92. The molecule has 0 heterocycles. The van der Waals surface area contributed by atoms with Crippen LogP contribution >= 0.6 is 0 Å². The SMILES string of the molecule is CCC(=O)N(C(=O)OC(C)(C)C)C(CCC(=O)c1cc(F)cc(F)c1)C(=O)O. The van der Waals surface area contributed by atoms with Gasteiger partial charge in [0.2, 0.25) is 5.91 Å². The first-order valence-electron chi connectivity index (χ1n) is 8.62. The van der Waals surface area contributed by atoms with Crippen molar-refractivity contribution in [2.75, 3.05) is 0 Å². The van der Waals surface area contributed by atoms with Crippen molar-refractivity contribution in [3.63, 3.8) is 0 Å². The van der Waals surface area contributed by atoms with Gasteiger partial charge in [-0.25, -0.2) is 23.3 Å². The zero-order valence-electron chi connectivity index (χ0n) is 16.1. The van der Waals surface area contributed by atoms with Gasteiger partial charge in [-0.3, -0.25) is 9.59 Å². The Labute approximate surface area is 161 Å². The number of nitrogens with zero attached hydrogens (tertiary/aromatic N) is 1. The van der Waals surface area contributed by atoms with E-state index in [9.17, 15) is 33.1 Å². The van der Waals surface area contributed by atoms with E-state index in [1.54, 1.807) is 20.8 Å². The molecule has 1 atom stereocenters. The Morgan fingerprint density at radius 3 is 2.07 bits per heavy atom. The fraction of sp³-hybridized carbons (Fsp3) is 0.474. The second kappa shape index (κ2) is 9.38. The number of halogens is 2. The van der Waals surface area contributed by atoms with Gasteiger partial charge in [0.25, 0.3) is 0 Å². The first-order chi connectivity index (χ1) is 12.9. The number of ether oxygens (including phenoxy) is 1. The number of ketones is 1. The molecule has 1 unspecified atom stereocenters. The number of benzene rings is 1. The van der Waals surface area contributed by atoms with E-state index >= 15 is 0 Å². The minimum atomic E-state index is -1.66. The number of carboxylic acid groups (broad SMARTS) is 1. The molecule has 1 N–H and O–H groups in total. The molecule has 154 valence electrons. The van der Waals surface area contributed by atoms with Crippen molar-refractivity contribution in [2.45, 2.75) is 58.6 Å². The fourth-order valence-electron chi connectivity index (χ4n) is 2.37. The van der Waals surface area contributed by atoms with Crippen molar-refractivity contribution >= 4 is 23.8 Å². The van der Waals surface area contributed by atoms with Crippen LogP contribution < -0.4 is 0 Å². The summed E-state index contributed by atoms with van der Waals surface area (Å²) < 4.78 is 31.6. The van der Waals surface area contributed by atoms with E-state index in [2.05, 4.69) is 0 Å². The molecule has 0 saturated heterocycles. The van der Waals surface area contributed by atoms with E-state index in [0.29, 0.717) is 11.0 Å². The summed E-state index contributed by atoms with van der Waals surface area (Å²) in [7, 11) is 0. The third-order valence-corrected chi connectivity index (χ3v) is 3.59. The van der Waals surface area contributed by atoms with Gasteiger partial charge in [0.1, 0.15) is 23.3 Å². The maximum atomic E-state index is 13.3. The molecule has 0 radical (unpaired) electrons. The molecule has 7 nitrogen and oxygen atoms in total. The lowest BCUT2D eigenvalue weighted by molar-refractivity contribution is -0.149. The minimum absolute atomic E-state index is 0.161. The average molecular weight is 399 g/mol. The van der Waals surface area contributed by atoms with Crippen molar-refractivity contribution in [1.29, 1.82) is 0 Å². The molecule has 1 aromatic rings. The monoisotopic (exact) mass is 399 g/mol. The molecule has 0 aliphatic rings. The van der Waals surface area contributed by atoms with Gasteiger partial charge in [-0.05, 0) is 39.3 Å². The van der Waals surface area contributed by atoms with Gasteiger partial charge in [0, 0.05) is 24.5 Å². The summed E-state index contributed by atoms with van der Waals surface area (Å²) in [5, 5.41) is 9.47. The Balaban J connectivity index is 3.04. The van der Waals surface area contributed by atoms with E-state index < -0.39 is 59.9 Å². The Kier molecular flexibility index (Phi) is 7.78. The largest absolute Gasteiger partial charge is 0.480 e. The molecule has 0 saturated carbocycles. The topological polar surface area (TPSA) is 101 Å². The standard InChI is InChI=1S/C19H23F2NO6/c1-5-16(24)22(18(27)28-19(2,3)4)14(17(25)26)6-7-15(23)11-8-12(20)10-13(21)9-11/h8-10,14H,5-7H2,1-4H3,(H,25,26). The summed E-state index contributed by atoms with van der Waals surface area (Å²) >= 11 is 0.